The normalized spacial score (nSPS) is 16.9. The highest BCUT2D eigenvalue weighted by Crippen LogP contribution is 2.40. The fourth-order valence-electron chi connectivity index (χ4n) is 4.81. The Labute approximate surface area is 227 Å². The first-order valence-corrected chi connectivity index (χ1v) is 13.9. The molecule has 1 N–H and O–H groups in total. The minimum atomic E-state index is -0.697. The molecule has 2 aromatic rings. The number of amides is 1. The van der Waals surface area contributed by atoms with Crippen molar-refractivity contribution in [2.75, 3.05) is 39.4 Å². The van der Waals surface area contributed by atoms with Gasteiger partial charge in [0.05, 0.1) is 24.8 Å². The van der Waals surface area contributed by atoms with Crippen molar-refractivity contribution in [1.82, 2.24) is 9.80 Å². The summed E-state index contributed by atoms with van der Waals surface area (Å²) in [6.45, 7) is 12.5. The number of nitrogens with zero attached hydrogens (tertiary/aromatic N) is 2. The Kier molecular flexibility index (Phi) is 11.2. The van der Waals surface area contributed by atoms with Crippen LogP contribution in [0.5, 0.6) is 11.5 Å². The number of ether oxygens (including phenoxy) is 2. The second kappa shape index (κ2) is 14.6. The Balaban J connectivity index is 1.98. The van der Waals surface area contributed by atoms with Gasteiger partial charge in [0, 0.05) is 12.1 Å². The molecule has 3 rings (SSSR count). The van der Waals surface area contributed by atoms with Gasteiger partial charge in [0.1, 0.15) is 17.3 Å². The molecule has 1 saturated heterocycles. The van der Waals surface area contributed by atoms with Crippen LogP contribution in [0.1, 0.15) is 70.5 Å². The van der Waals surface area contributed by atoms with Crippen molar-refractivity contribution in [3.63, 3.8) is 0 Å². The van der Waals surface area contributed by atoms with Crippen molar-refractivity contribution in [2.45, 2.75) is 59.4 Å². The number of carbonyl (C=O) groups excluding carboxylic acids is 2. The number of carbonyl (C=O) groups is 2. The lowest BCUT2D eigenvalue weighted by molar-refractivity contribution is -0.140. The molecule has 1 fully saturated rings. The average molecular weight is 523 g/mol. The largest absolute Gasteiger partial charge is 0.507 e. The summed E-state index contributed by atoms with van der Waals surface area (Å²) in [4.78, 5) is 30.5. The van der Waals surface area contributed by atoms with Gasteiger partial charge in [-0.15, -0.1) is 0 Å². The van der Waals surface area contributed by atoms with Crippen molar-refractivity contribution >= 4 is 17.4 Å². The highest BCUT2D eigenvalue weighted by Gasteiger charge is 2.45. The van der Waals surface area contributed by atoms with E-state index in [4.69, 9.17) is 9.47 Å². The number of unbranched alkanes of at least 4 members (excludes halogenated alkanes) is 2. The van der Waals surface area contributed by atoms with Crippen LogP contribution < -0.4 is 9.47 Å². The van der Waals surface area contributed by atoms with Crippen LogP contribution in [0.2, 0.25) is 0 Å². The minimum absolute atomic E-state index is 0.102. The third-order valence-corrected chi connectivity index (χ3v) is 6.94. The van der Waals surface area contributed by atoms with Crippen LogP contribution in [-0.2, 0) is 9.59 Å². The van der Waals surface area contributed by atoms with E-state index < -0.39 is 17.7 Å². The number of benzene rings is 2. The average Bonchev–Trinajstić information content (AvgIpc) is 3.19. The molecule has 0 spiro atoms. The molecular formula is C31H42N2O5. The summed E-state index contributed by atoms with van der Waals surface area (Å²) < 4.78 is 11.5. The fraction of sp³-hybridized carbons (Fsp3) is 0.484. The summed E-state index contributed by atoms with van der Waals surface area (Å²) in [7, 11) is 0. The van der Waals surface area contributed by atoms with Crippen LogP contribution in [0.3, 0.4) is 0 Å². The first-order valence-electron chi connectivity index (χ1n) is 13.9. The molecule has 0 aliphatic carbocycles. The molecule has 38 heavy (non-hydrogen) atoms. The van der Waals surface area contributed by atoms with Crippen molar-refractivity contribution in [3.8, 4) is 11.5 Å². The number of aliphatic hydroxyl groups excluding tert-OH is 1. The van der Waals surface area contributed by atoms with Crippen LogP contribution in [-0.4, -0.2) is 66.0 Å². The van der Waals surface area contributed by atoms with Gasteiger partial charge in [0.2, 0.25) is 0 Å². The third kappa shape index (κ3) is 7.16. The Morgan fingerprint density at radius 1 is 0.921 bits per heavy atom. The molecule has 1 atom stereocenters. The molecule has 1 aliphatic rings. The van der Waals surface area contributed by atoms with Gasteiger partial charge in [-0.25, -0.2) is 0 Å². The Morgan fingerprint density at radius 3 is 2.32 bits per heavy atom. The van der Waals surface area contributed by atoms with Crippen molar-refractivity contribution in [2.24, 2.45) is 0 Å². The molecule has 1 heterocycles. The zero-order valence-electron chi connectivity index (χ0n) is 23.2. The number of Topliss-reactive ketones (excluding diaryl/α,β-unsaturated/α-hetero) is 1. The maximum Gasteiger partial charge on any atom is 0.295 e. The molecule has 1 amide bonds. The summed E-state index contributed by atoms with van der Waals surface area (Å²) in [5.74, 6) is -0.0783. The number of likely N-dealkylation sites (tertiary alicyclic amines) is 1. The van der Waals surface area contributed by atoms with E-state index in [1.54, 1.807) is 29.2 Å². The molecule has 0 radical (unpaired) electrons. The first-order chi connectivity index (χ1) is 18.4. The first kappa shape index (κ1) is 29.2. The topological polar surface area (TPSA) is 79.3 Å². The Morgan fingerprint density at radius 2 is 1.66 bits per heavy atom. The van der Waals surface area contributed by atoms with Gasteiger partial charge in [0.25, 0.3) is 11.7 Å². The SMILES string of the molecule is CCCCCOc1cccc(C2/C(=C(\O)c3ccc(OCC)cc3)C(=O)C(=O)N2CCCN(CC)CC)c1. The smallest absolute Gasteiger partial charge is 0.295 e. The molecule has 206 valence electrons. The molecular weight excluding hydrogens is 480 g/mol. The highest BCUT2D eigenvalue weighted by atomic mass is 16.5. The third-order valence-electron chi connectivity index (χ3n) is 6.94. The summed E-state index contributed by atoms with van der Waals surface area (Å²) in [5, 5.41) is 11.3. The lowest BCUT2D eigenvalue weighted by Crippen LogP contribution is -2.33. The monoisotopic (exact) mass is 522 g/mol. The maximum absolute atomic E-state index is 13.3. The van der Waals surface area contributed by atoms with E-state index in [1.165, 1.54) is 0 Å². The van der Waals surface area contributed by atoms with Gasteiger partial charge in [-0.3, -0.25) is 9.59 Å². The highest BCUT2D eigenvalue weighted by molar-refractivity contribution is 6.46. The molecule has 1 unspecified atom stereocenters. The quantitative estimate of drug-likeness (QED) is 0.138. The molecule has 7 heteroatoms. The zero-order valence-corrected chi connectivity index (χ0v) is 23.2. The van der Waals surface area contributed by atoms with Gasteiger partial charge in [-0.05, 0) is 81.4 Å². The van der Waals surface area contributed by atoms with Crippen LogP contribution in [0, 0.1) is 0 Å². The molecule has 7 nitrogen and oxygen atoms in total. The molecule has 0 aromatic heterocycles. The molecule has 0 saturated carbocycles. The maximum atomic E-state index is 13.3. The minimum Gasteiger partial charge on any atom is -0.507 e. The number of ketones is 1. The van der Waals surface area contributed by atoms with Gasteiger partial charge in [-0.1, -0.05) is 45.7 Å². The molecule has 0 bridgehead atoms. The van der Waals surface area contributed by atoms with Crippen molar-refractivity contribution < 1.29 is 24.2 Å². The van der Waals surface area contributed by atoms with Crippen LogP contribution in [0.25, 0.3) is 5.76 Å². The van der Waals surface area contributed by atoms with E-state index >= 15 is 0 Å². The van der Waals surface area contributed by atoms with Crippen molar-refractivity contribution in [3.05, 3.63) is 65.2 Å². The fourth-order valence-corrected chi connectivity index (χ4v) is 4.81. The molecule has 2 aromatic carbocycles. The second-order valence-electron chi connectivity index (χ2n) is 9.46. The summed E-state index contributed by atoms with van der Waals surface area (Å²) in [6, 6.07) is 13.7. The number of hydrogen-bond donors (Lipinski definition) is 1. The second-order valence-corrected chi connectivity index (χ2v) is 9.46. The standard InChI is InChI=1S/C31H42N2O5/c1-5-9-10-21-38-26-14-11-13-24(22-26)28-27(29(34)23-15-17-25(18-16-23)37-8-4)30(35)31(36)33(28)20-12-19-32(6-2)7-3/h11,13-18,22,28,34H,5-10,12,19-21H2,1-4H3/b29-27+. The van der Waals surface area contributed by atoms with E-state index in [2.05, 4.69) is 25.7 Å². The Hall–Kier alpha value is -3.32. The molecule has 1 aliphatic heterocycles. The zero-order chi connectivity index (χ0) is 27.5. The van der Waals surface area contributed by atoms with E-state index in [-0.39, 0.29) is 11.3 Å². The number of rotatable bonds is 15. The van der Waals surface area contributed by atoms with Gasteiger partial charge in [0.15, 0.2) is 0 Å². The van der Waals surface area contributed by atoms with Gasteiger partial charge in [-0.2, -0.15) is 0 Å². The van der Waals surface area contributed by atoms with Crippen LogP contribution in [0.4, 0.5) is 0 Å². The lowest BCUT2D eigenvalue weighted by Gasteiger charge is -2.27. The number of hydrogen-bond acceptors (Lipinski definition) is 6. The summed E-state index contributed by atoms with van der Waals surface area (Å²) in [6.07, 6.45) is 3.88. The number of aliphatic hydroxyl groups is 1. The lowest BCUT2D eigenvalue weighted by atomic mass is 9.95. The van der Waals surface area contributed by atoms with Crippen LogP contribution in [0.15, 0.2) is 54.1 Å². The predicted molar refractivity (Wildman–Crippen MR) is 150 cm³/mol. The van der Waals surface area contributed by atoms with Gasteiger partial charge >= 0.3 is 0 Å². The van der Waals surface area contributed by atoms with E-state index in [0.717, 1.165) is 50.9 Å². The van der Waals surface area contributed by atoms with E-state index in [0.29, 0.717) is 36.8 Å². The van der Waals surface area contributed by atoms with E-state index in [1.807, 2.05) is 31.2 Å². The van der Waals surface area contributed by atoms with E-state index in [9.17, 15) is 14.7 Å². The van der Waals surface area contributed by atoms with Crippen molar-refractivity contribution in [1.29, 1.82) is 0 Å². The predicted octanol–water partition coefficient (Wildman–Crippen LogP) is 5.81. The van der Waals surface area contributed by atoms with Gasteiger partial charge < -0.3 is 24.4 Å². The van der Waals surface area contributed by atoms with Crippen LogP contribution >= 0.6 is 0 Å². The Bertz CT molecular complexity index is 1090. The summed E-state index contributed by atoms with van der Waals surface area (Å²) in [5.41, 5.74) is 1.31. The summed E-state index contributed by atoms with van der Waals surface area (Å²) >= 11 is 0.